The van der Waals surface area contributed by atoms with Crippen molar-refractivity contribution >= 4 is 9.84 Å². The summed E-state index contributed by atoms with van der Waals surface area (Å²) in [6, 6.07) is 15.7. The van der Waals surface area contributed by atoms with Crippen molar-refractivity contribution in [1.29, 1.82) is 0 Å². The Hall–Kier alpha value is -1.89. The van der Waals surface area contributed by atoms with Gasteiger partial charge in [-0.2, -0.15) is 0 Å². The minimum atomic E-state index is -3.41. The predicted molar refractivity (Wildman–Crippen MR) is 101 cm³/mol. The van der Waals surface area contributed by atoms with Gasteiger partial charge in [-0.1, -0.05) is 30.3 Å². The number of rotatable bonds is 7. The molecule has 1 heterocycles. The maximum Gasteiger partial charge on any atom is 0.182 e. The first-order chi connectivity index (χ1) is 12.4. The zero-order chi connectivity index (χ0) is 18.6. The Morgan fingerprint density at radius 1 is 1.08 bits per heavy atom. The highest BCUT2D eigenvalue weighted by Gasteiger charge is 2.34. The molecule has 1 aliphatic heterocycles. The van der Waals surface area contributed by atoms with Gasteiger partial charge in [-0.3, -0.25) is 4.90 Å². The number of aliphatic hydroxyl groups excluding tert-OH is 1. The van der Waals surface area contributed by atoms with Crippen LogP contribution in [0.4, 0.5) is 0 Å². The van der Waals surface area contributed by atoms with Gasteiger partial charge in [0.15, 0.2) is 9.84 Å². The Labute approximate surface area is 154 Å². The number of aryl methyl sites for hydroxylation is 1. The molecule has 140 valence electrons. The fourth-order valence-electron chi connectivity index (χ4n) is 3.41. The maximum atomic E-state index is 12.7. The molecule has 0 aromatic heterocycles. The number of sulfone groups is 1. The van der Waals surface area contributed by atoms with Gasteiger partial charge in [0.1, 0.15) is 5.75 Å². The topological polar surface area (TPSA) is 77.8 Å². The average Bonchev–Trinajstić information content (AvgIpc) is 3.10. The number of aromatic hydroxyl groups is 1. The van der Waals surface area contributed by atoms with E-state index in [0.29, 0.717) is 32.5 Å². The molecule has 0 spiro atoms. The molecule has 0 radical (unpaired) electrons. The van der Waals surface area contributed by atoms with Crippen LogP contribution in [0.15, 0.2) is 59.5 Å². The summed E-state index contributed by atoms with van der Waals surface area (Å²) in [6.45, 7) is 1.60. The van der Waals surface area contributed by atoms with Gasteiger partial charge < -0.3 is 10.2 Å². The quantitative estimate of drug-likeness (QED) is 0.776. The van der Waals surface area contributed by atoms with Gasteiger partial charge in [0.25, 0.3) is 0 Å². The summed E-state index contributed by atoms with van der Waals surface area (Å²) in [5.41, 5.74) is 1.20. The van der Waals surface area contributed by atoms with Crippen molar-refractivity contribution in [1.82, 2.24) is 4.90 Å². The largest absolute Gasteiger partial charge is 0.508 e. The minimum Gasteiger partial charge on any atom is -0.508 e. The van der Waals surface area contributed by atoms with Crippen molar-refractivity contribution < 1.29 is 18.6 Å². The zero-order valence-electron chi connectivity index (χ0n) is 14.7. The standard InChI is InChI=1S/C20H25NO4S/c22-17-8-10-19(11-9-17)26(24,25)20-12-13-21(15-20)14-18(23)7-6-16-4-2-1-3-5-16/h1-5,8-11,18,20,22-23H,6-7,12-15H2/t18-,20-/m0/s1. The van der Waals surface area contributed by atoms with E-state index in [4.69, 9.17) is 0 Å². The van der Waals surface area contributed by atoms with E-state index in [0.717, 1.165) is 6.42 Å². The third-order valence-electron chi connectivity index (χ3n) is 4.91. The molecule has 0 aliphatic carbocycles. The van der Waals surface area contributed by atoms with Gasteiger partial charge in [0, 0.05) is 13.1 Å². The van der Waals surface area contributed by atoms with Crippen molar-refractivity contribution in [3.63, 3.8) is 0 Å². The summed E-state index contributed by atoms with van der Waals surface area (Å²) < 4.78 is 25.4. The fraction of sp³-hybridized carbons (Fsp3) is 0.400. The van der Waals surface area contributed by atoms with Crippen LogP contribution in [0.5, 0.6) is 5.75 Å². The summed E-state index contributed by atoms with van der Waals surface area (Å²) in [4.78, 5) is 2.27. The summed E-state index contributed by atoms with van der Waals surface area (Å²) in [7, 11) is -3.41. The van der Waals surface area contributed by atoms with Crippen LogP contribution in [0.2, 0.25) is 0 Å². The van der Waals surface area contributed by atoms with Crippen molar-refractivity contribution in [2.45, 2.75) is 35.5 Å². The Morgan fingerprint density at radius 3 is 2.46 bits per heavy atom. The number of hydrogen-bond donors (Lipinski definition) is 2. The summed E-state index contributed by atoms with van der Waals surface area (Å²) in [6.07, 6.45) is 1.57. The second kappa shape index (κ2) is 8.20. The first kappa shape index (κ1) is 18.9. The molecule has 0 bridgehead atoms. The zero-order valence-corrected chi connectivity index (χ0v) is 15.5. The van der Waals surface area contributed by atoms with Crippen LogP contribution in [0.1, 0.15) is 18.4 Å². The fourth-order valence-corrected chi connectivity index (χ4v) is 5.13. The van der Waals surface area contributed by atoms with Crippen LogP contribution in [-0.4, -0.2) is 54.5 Å². The Morgan fingerprint density at radius 2 is 1.77 bits per heavy atom. The van der Waals surface area contributed by atoms with Crippen LogP contribution in [-0.2, 0) is 16.3 Å². The Kier molecular flexibility index (Phi) is 5.96. The van der Waals surface area contributed by atoms with Crippen molar-refractivity contribution in [2.24, 2.45) is 0 Å². The van der Waals surface area contributed by atoms with Crippen molar-refractivity contribution in [3.8, 4) is 5.75 Å². The number of hydrogen-bond acceptors (Lipinski definition) is 5. The van der Waals surface area contributed by atoms with Gasteiger partial charge in [0.05, 0.1) is 16.2 Å². The Balaban J connectivity index is 1.52. The molecule has 1 saturated heterocycles. The summed E-state index contributed by atoms with van der Waals surface area (Å²) in [5, 5.41) is 19.2. The molecule has 1 fully saturated rings. The smallest absolute Gasteiger partial charge is 0.182 e. The van der Waals surface area contributed by atoms with Crippen LogP contribution >= 0.6 is 0 Å². The van der Waals surface area contributed by atoms with Crippen molar-refractivity contribution in [2.75, 3.05) is 19.6 Å². The van der Waals surface area contributed by atoms with Crippen molar-refractivity contribution in [3.05, 3.63) is 60.2 Å². The second-order valence-corrected chi connectivity index (χ2v) is 9.12. The SMILES string of the molecule is O=S(=O)(c1ccc(O)cc1)[C@H]1CCN(C[C@@H](O)CCc2ccccc2)C1. The lowest BCUT2D eigenvalue weighted by molar-refractivity contribution is 0.117. The number of β-amino-alcohol motifs (C(OH)–C–C–N with tert-alkyl or cyclic N) is 1. The number of aliphatic hydroxyl groups is 1. The van der Waals surface area contributed by atoms with Crippen LogP contribution in [0.3, 0.4) is 0 Å². The minimum absolute atomic E-state index is 0.0542. The molecule has 26 heavy (non-hydrogen) atoms. The molecule has 0 saturated carbocycles. The molecule has 6 heteroatoms. The first-order valence-electron chi connectivity index (χ1n) is 8.92. The molecule has 2 aromatic rings. The molecule has 2 N–H and O–H groups in total. The number of phenolic OH excluding ortho intramolecular Hbond substituents is 1. The van der Waals surface area contributed by atoms with E-state index in [-0.39, 0.29) is 10.6 Å². The van der Waals surface area contributed by atoms with Crippen LogP contribution in [0.25, 0.3) is 0 Å². The number of likely N-dealkylation sites (tertiary alicyclic amines) is 1. The second-order valence-electron chi connectivity index (χ2n) is 6.89. The van der Waals surface area contributed by atoms with E-state index >= 15 is 0 Å². The molecule has 0 unspecified atom stereocenters. The van der Waals surface area contributed by atoms with E-state index in [2.05, 4.69) is 0 Å². The molecule has 0 amide bonds. The number of nitrogens with zero attached hydrogens (tertiary/aromatic N) is 1. The van der Waals surface area contributed by atoms with E-state index in [1.54, 1.807) is 0 Å². The number of phenols is 1. The molecule has 2 aromatic carbocycles. The van der Waals surface area contributed by atoms with E-state index in [1.165, 1.54) is 29.8 Å². The lowest BCUT2D eigenvalue weighted by atomic mass is 10.1. The van der Waals surface area contributed by atoms with Gasteiger partial charge in [-0.05, 0) is 55.6 Å². The molecule has 1 aliphatic rings. The van der Waals surface area contributed by atoms with E-state index in [9.17, 15) is 18.6 Å². The third-order valence-corrected chi connectivity index (χ3v) is 7.10. The lowest BCUT2D eigenvalue weighted by Gasteiger charge is -2.20. The molecule has 2 atom stereocenters. The average molecular weight is 375 g/mol. The number of benzene rings is 2. The van der Waals surface area contributed by atoms with Gasteiger partial charge >= 0.3 is 0 Å². The monoisotopic (exact) mass is 375 g/mol. The molecule has 3 rings (SSSR count). The van der Waals surface area contributed by atoms with Crippen LogP contribution < -0.4 is 0 Å². The molecule has 5 nitrogen and oxygen atoms in total. The predicted octanol–water partition coefficient (Wildman–Crippen LogP) is 2.23. The molecular formula is C20H25NO4S. The Bertz CT molecular complexity index is 805. The summed E-state index contributed by atoms with van der Waals surface area (Å²) >= 11 is 0. The normalized spacial score (nSPS) is 19.5. The summed E-state index contributed by atoms with van der Waals surface area (Å²) in [5.74, 6) is 0.0542. The highest BCUT2D eigenvalue weighted by molar-refractivity contribution is 7.92. The maximum absolute atomic E-state index is 12.7. The highest BCUT2D eigenvalue weighted by Crippen LogP contribution is 2.25. The highest BCUT2D eigenvalue weighted by atomic mass is 32.2. The van der Waals surface area contributed by atoms with E-state index < -0.39 is 21.2 Å². The van der Waals surface area contributed by atoms with Gasteiger partial charge in [-0.15, -0.1) is 0 Å². The van der Waals surface area contributed by atoms with Crippen LogP contribution in [0, 0.1) is 0 Å². The van der Waals surface area contributed by atoms with E-state index in [1.807, 2.05) is 35.2 Å². The first-order valence-corrected chi connectivity index (χ1v) is 10.5. The lowest BCUT2D eigenvalue weighted by Crippen LogP contribution is -2.33. The van der Waals surface area contributed by atoms with Gasteiger partial charge in [0.2, 0.25) is 0 Å². The van der Waals surface area contributed by atoms with Gasteiger partial charge in [-0.25, -0.2) is 8.42 Å². The molecular weight excluding hydrogens is 350 g/mol. The third kappa shape index (κ3) is 4.63.